The van der Waals surface area contributed by atoms with E-state index in [0.717, 1.165) is 23.6 Å². The zero-order valence-electron chi connectivity index (χ0n) is 11.6. The number of rotatable bonds is 6. The van der Waals surface area contributed by atoms with Crippen molar-refractivity contribution in [1.82, 2.24) is 10.3 Å². The summed E-state index contributed by atoms with van der Waals surface area (Å²) in [6.07, 6.45) is 3.91. The lowest BCUT2D eigenvalue weighted by Crippen LogP contribution is -2.18. The van der Waals surface area contributed by atoms with Crippen LogP contribution in [0, 0.1) is 0 Å². The molecule has 2 aromatic rings. The molecule has 0 bridgehead atoms. The maximum Gasteiger partial charge on any atom is 0.123 e. The topological polar surface area (TPSA) is 46.3 Å². The van der Waals surface area contributed by atoms with E-state index in [1.54, 1.807) is 14.2 Å². The van der Waals surface area contributed by atoms with Crippen LogP contribution in [0.3, 0.4) is 0 Å². The standard InChI is InChI=1S/C15H20N2O2/c1-11(17-10-12-6-7-16-9-12)14-8-13(18-2)4-5-15(14)19-3/h4-9,11,16-17H,10H2,1-3H3. The number of hydrogen-bond acceptors (Lipinski definition) is 3. The van der Waals surface area contributed by atoms with E-state index in [9.17, 15) is 0 Å². The Labute approximate surface area is 113 Å². The fourth-order valence-electron chi connectivity index (χ4n) is 2.03. The summed E-state index contributed by atoms with van der Waals surface area (Å²) in [4.78, 5) is 3.05. The molecule has 0 saturated carbocycles. The molecule has 19 heavy (non-hydrogen) atoms. The molecule has 0 spiro atoms. The zero-order valence-corrected chi connectivity index (χ0v) is 11.6. The first-order valence-corrected chi connectivity index (χ1v) is 6.31. The number of methoxy groups -OCH3 is 2. The predicted octanol–water partition coefficient (Wildman–Crippen LogP) is 2.88. The third-order valence-electron chi connectivity index (χ3n) is 3.18. The van der Waals surface area contributed by atoms with Crippen molar-refractivity contribution in [3.63, 3.8) is 0 Å². The molecule has 0 amide bonds. The third kappa shape index (κ3) is 3.29. The molecule has 1 heterocycles. The van der Waals surface area contributed by atoms with Crippen LogP contribution in [0.5, 0.6) is 11.5 Å². The van der Waals surface area contributed by atoms with Gasteiger partial charge in [-0.1, -0.05) is 0 Å². The minimum absolute atomic E-state index is 0.181. The Morgan fingerprint density at radius 1 is 1.21 bits per heavy atom. The van der Waals surface area contributed by atoms with Crippen molar-refractivity contribution in [3.8, 4) is 11.5 Å². The van der Waals surface area contributed by atoms with E-state index in [4.69, 9.17) is 9.47 Å². The molecule has 0 fully saturated rings. The van der Waals surface area contributed by atoms with Crippen LogP contribution in [-0.2, 0) is 6.54 Å². The largest absolute Gasteiger partial charge is 0.497 e. The van der Waals surface area contributed by atoms with Gasteiger partial charge >= 0.3 is 0 Å². The maximum atomic E-state index is 5.40. The summed E-state index contributed by atoms with van der Waals surface area (Å²) in [5.74, 6) is 1.71. The van der Waals surface area contributed by atoms with Gasteiger partial charge in [0.1, 0.15) is 11.5 Å². The van der Waals surface area contributed by atoms with Crippen LogP contribution in [0.2, 0.25) is 0 Å². The summed E-state index contributed by atoms with van der Waals surface area (Å²) >= 11 is 0. The summed E-state index contributed by atoms with van der Waals surface area (Å²) < 4.78 is 10.7. The van der Waals surface area contributed by atoms with E-state index in [0.29, 0.717) is 0 Å². The van der Waals surface area contributed by atoms with Crippen LogP contribution in [0.1, 0.15) is 24.1 Å². The molecule has 102 valence electrons. The van der Waals surface area contributed by atoms with E-state index in [1.165, 1.54) is 5.56 Å². The highest BCUT2D eigenvalue weighted by atomic mass is 16.5. The summed E-state index contributed by atoms with van der Waals surface area (Å²) in [5.41, 5.74) is 2.33. The van der Waals surface area contributed by atoms with Crippen molar-refractivity contribution in [2.75, 3.05) is 14.2 Å². The fourth-order valence-corrected chi connectivity index (χ4v) is 2.03. The zero-order chi connectivity index (χ0) is 13.7. The second kappa shape index (κ2) is 6.29. The molecule has 4 nitrogen and oxygen atoms in total. The number of hydrogen-bond donors (Lipinski definition) is 2. The highest BCUT2D eigenvalue weighted by Gasteiger charge is 2.12. The van der Waals surface area contributed by atoms with Crippen LogP contribution in [0.25, 0.3) is 0 Å². The summed E-state index contributed by atoms with van der Waals surface area (Å²) in [6, 6.07) is 8.08. The normalized spacial score (nSPS) is 12.2. The van der Waals surface area contributed by atoms with Crippen molar-refractivity contribution in [2.24, 2.45) is 0 Å². The molecule has 1 aromatic carbocycles. The summed E-state index contributed by atoms with van der Waals surface area (Å²) in [5, 5.41) is 3.47. The smallest absolute Gasteiger partial charge is 0.123 e. The number of benzene rings is 1. The van der Waals surface area contributed by atoms with Gasteiger partial charge in [0.15, 0.2) is 0 Å². The molecule has 0 aliphatic heterocycles. The Balaban J connectivity index is 2.10. The minimum atomic E-state index is 0.181. The van der Waals surface area contributed by atoms with Gasteiger partial charge in [-0.25, -0.2) is 0 Å². The first-order chi connectivity index (χ1) is 9.24. The number of H-pyrrole nitrogens is 1. The van der Waals surface area contributed by atoms with Crippen molar-refractivity contribution in [1.29, 1.82) is 0 Å². The van der Waals surface area contributed by atoms with Gasteiger partial charge in [0.2, 0.25) is 0 Å². The Hall–Kier alpha value is -1.94. The van der Waals surface area contributed by atoms with Gasteiger partial charge in [-0.3, -0.25) is 0 Å². The van der Waals surface area contributed by atoms with Crippen LogP contribution in [0.15, 0.2) is 36.7 Å². The van der Waals surface area contributed by atoms with E-state index < -0.39 is 0 Å². The lowest BCUT2D eigenvalue weighted by atomic mass is 10.1. The third-order valence-corrected chi connectivity index (χ3v) is 3.18. The number of aromatic nitrogens is 1. The second-order valence-corrected chi connectivity index (χ2v) is 4.43. The monoisotopic (exact) mass is 260 g/mol. The van der Waals surface area contributed by atoms with Crippen LogP contribution in [0.4, 0.5) is 0 Å². The molecular formula is C15H20N2O2. The molecule has 0 saturated heterocycles. The van der Waals surface area contributed by atoms with Crippen LogP contribution < -0.4 is 14.8 Å². The van der Waals surface area contributed by atoms with Gasteiger partial charge in [-0.15, -0.1) is 0 Å². The van der Waals surface area contributed by atoms with Crippen LogP contribution >= 0.6 is 0 Å². The SMILES string of the molecule is COc1ccc(OC)c(C(C)NCc2cc[nH]c2)c1. The van der Waals surface area contributed by atoms with E-state index >= 15 is 0 Å². The van der Waals surface area contributed by atoms with Gasteiger partial charge in [-0.05, 0) is 36.8 Å². The van der Waals surface area contributed by atoms with Gasteiger partial charge in [0.25, 0.3) is 0 Å². The Bertz CT molecular complexity index is 509. The van der Waals surface area contributed by atoms with Gasteiger partial charge < -0.3 is 19.8 Å². The molecule has 2 rings (SSSR count). The number of nitrogens with one attached hydrogen (secondary N) is 2. The summed E-state index contributed by atoms with van der Waals surface area (Å²) in [6.45, 7) is 2.93. The first kappa shape index (κ1) is 13.5. The quantitative estimate of drug-likeness (QED) is 0.839. The van der Waals surface area contributed by atoms with E-state index in [-0.39, 0.29) is 6.04 Å². The van der Waals surface area contributed by atoms with Crippen molar-refractivity contribution in [3.05, 3.63) is 47.8 Å². The Morgan fingerprint density at radius 2 is 2.05 bits per heavy atom. The van der Waals surface area contributed by atoms with Crippen molar-refractivity contribution >= 4 is 0 Å². The van der Waals surface area contributed by atoms with Gasteiger partial charge in [0, 0.05) is 30.5 Å². The van der Waals surface area contributed by atoms with E-state index in [2.05, 4.69) is 23.3 Å². The second-order valence-electron chi connectivity index (χ2n) is 4.43. The van der Waals surface area contributed by atoms with Gasteiger partial charge in [0.05, 0.1) is 14.2 Å². The highest BCUT2D eigenvalue weighted by molar-refractivity contribution is 5.42. The Morgan fingerprint density at radius 3 is 2.68 bits per heavy atom. The highest BCUT2D eigenvalue weighted by Crippen LogP contribution is 2.29. The average molecular weight is 260 g/mol. The first-order valence-electron chi connectivity index (χ1n) is 6.31. The number of aromatic amines is 1. The molecule has 4 heteroatoms. The molecule has 1 aromatic heterocycles. The molecular weight excluding hydrogens is 240 g/mol. The summed E-state index contributed by atoms with van der Waals surface area (Å²) in [7, 11) is 3.35. The van der Waals surface area contributed by atoms with Crippen molar-refractivity contribution in [2.45, 2.75) is 19.5 Å². The minimum Gasteiger partial charge on any atom is -0.497 e. The fraction of sp³-hybridized carbons (Fsp3) is 0.333. The molecule has 1 unspecified atom stereocenters. The lowest BCUT2D eigenvalue weighted by molar-refractivity contribution is 0.391. The molecule has 0 aliphatic carbocycles. The number of ether oxygens (including phenoxy) is 2. The van der Waals surface area contributed by atoms with E-state index in [1.807, 2.05) is 30.6 Å². The lowest BCUT2D eigenvalue weighted by Gasteiger charge is -2.18. The molecule has 2 N–H and O–H groups in total. The molecule has 0 radical (unpaired) electrons. The molecule has 0 aliphatic rings. The van der Waals surface area contributed by atoms with Gasteiger partial charge in [-0.2, -0.15) is 0 Å². The van der Waals surface area contributed by atoms with Crippen molar-refractivity contribution < 1.29 is 9.47 Å². The Kier molecular flexibility index (Phi) is 4.47. The average Bonchev–Trinajstić information content (AvgIpc) is 2.97. The van der Waals surface area contributed by atoms with Crippen LogP contribution in [-0.4, -0.2) is 19.2 Å². The predicted molar refractivity (Wildman–Crippen MR) is 75.6 cm³/mol. The molecule has 1 atom stereocenters. The maximum absolute atomic E-state index is 5.40.